The highest BCUT2D eigenvalue weighted by molar-refractivity contribution is 6.46. The van der Waals surface area contributed by atoms with Crippen LogP contribution in [0.15, 0.2) is 84.4 Å². The number of ether oxygens (including phenoxy) is 1. The maximum absolute atomic E-state index is 13.2. The van der Waals surface area contributed by atoms with Gasteiger partial charge >= 0.3 is 0 Å². The molecule has 1 aliphatic heterocycles. The van der Waals surface area contributed by atoms with Crippen molar-refractivity contribution in [2.45, 2.75) is 26.3 Å². The number of rotatable bonds is 7. The number of likely N-dealkylation sites (tertiary alicyclic amines) is 1. The Kier molecular flexibility index (Phi) is 6.59. The van der Waals surface area contributed by atoms with Crippen LogP contribution in [0.25, 0.3) is 5.76 Å². The zero-order chi connectivity index (χ0) is 23.4. The lowest BCUT2D eigenvalue weighted by Gasteiger charge is -2.25. The standard InChI is InChI=1S/C28H27NO4/c1-3-33-23-11-7-10-22(18-23)25-24(26(30)21-14-12-19(2)13-15-21)27(31)28(32)29(25)17-16-20-8-5-4-6-9-20/h4-15,18,25,30H,3,16-17H2,1-2H3/b26-24+. The van der Waals surface area contributed by atoms with Crippen molar-refractivity contribution < 1.29 is 19.4 Å². The summed E-state index contributed by atoms with van der Waals surface area (Å²) in [6.07, 6.45) is 0.597. The molecule has 5 heteroatoms. The van der Waals surface area contributed by atoms with Crippen molar-refractivity contribution in [3.05, 3.63) is 107 Å². The molecule has 0 saturated carbocycles. The molecule has 1 amide bonds. The van der Waals surface area contributed by atoms with Crippen LogP contribution < -0.4 is 4.74 Å². The quantitative estimate of drug-likeness (QED) is 0.316. The number of benzene rings is 3. The monoisotopic (exact) mass is 441 g/mol. The van der Waals surface area contributed by atoms with Crippen molar-refractivity contribution in [3.63, 3.8) is 0 Å². The topological polar surface area (TPSA) is 66.8 Å². The first-order valence-corrected chi connectivity index (χ1v) is 11.1. The van der Waals surface area contributed by atoms with Crippen LogP contribution in [0.5, 0.6) is 5.75 Å². The van der Waals surface area contributed by atoms with Crippen molar-refractivity contribution in [2.75, 3.05) is 13.2 Å². The molecule has 4 rings (SSSR count). The summed E-state index contributed by atoms with van der Waals surface area (Å²) in [5, 5.41) is 11.2. The zero-order valence-electron chi connectivity index (χ0n) is 18.8. The fraction of sp³-hybridized carbons (Fsp3) is 0.214. The average Bonchev–Trinajstić information content (AvgIpc) is 3.09. The third-order valence-corrected chi connectivity index (χ3v) is 5.83. The molecular weight excluding hydrogens is 414 g/mol. The molecule has 1 N–H and O–H groups in total. The van der Waals surface area contributed by atoms with Crippen LogP contribution in [0.3, 0.4) is 0 Å². The lowest BCUT2D eigenvalue weighted by Crippen LogP contribution is -2.31. The highest BCUT2D eigenvalue weighted by atomic mass is 16.5. The molecule has 0 spiro atoms. The van der Waals surface area contributed by atoms with Crippen molar-refractivity contribution in [1.82, 2.24) is 4.90 Å². The van der Waals surface area contributed by atoms with Crippen LogP contribution in [0.4, 0.5) is 0 Å². The summed E-state index contributed by atoms with van der Waals surface area (Å²) in [7, 11) is 0. The molecule has 168 valence electrons. The molecule has 1 heterocycles. The van der Waals surface area contributed by atoms with Gasteiger partial charge in [-0.05, 0) is 43.5 Å². The molecule has 3 aromatic rings. The van der Waals surface area contributed by atoms with Gasteiger partial charge in [0, 0.05) is 12.1 Å². The highest BCUT2D eigenvalue weighted by Gasteiger charge is 2.45. The Hall–Kier alpha value is -3.86. The first-order valence-electron chi connectivity index (χ1n) is 11.1. The van der Waals surface area contributed by atoms with Crippen molar-refractivity contribution >= 4 is 17.4 Å². The van der Waals surface area contributed by atoms with Crippen LogP contribution in [0, 0.1) is 6.92 Å². The van der Waals surface area contributed by atoms with E-state index in [0.29, 0.717) is 30.9 Å². The van der Waals surface area contributed by atoms with E-state index in [9.17, 15) is 14.7 Å². The largest absolute Gasteiger partial charge is 0.507 e. The number of hydrogen-bond acceptors (Lipinski definition) is 4. The number of aliphatic hydroxyl groups is 1. The van der Waals surface area contributed by atoms with Gasteiger partial charge in [-0.15, -0.1) is 0 Å². The molecule has 1 atom stereocenters. The minimum atomic E-state index is -0.699. The highest BCUT2D eigenvalue weighted by Crippen LogP contribution is 2.40. The molecule has 1 unspecified atom stereocenters. The number of carbonyl (C=O) groups excluding carboxylic acids is 2. The second kappa shape index (κ2) is 9.74. The zero-order valence-corrected chi connectivity index (χ0v) is 18.8. The third-order valence-electron chi connectivity index (χ3n) is 5.83. The van der Waals surface area contributed by atoms with Gasteiger partial charge in [0.1, 0.15) is 11.5 Å². The molecular formula is C28H27NO4. The predicted octanol–water partition coefficient (Wildman–Crippen LogP) is 5.06. The maximum atomic E-state index is 13.2. The Balaban J connectivity index is 1.79. The Morgan fingerprint density at radius 2 is 1.70 bits per heavy atom. The summed E-state index contributed by atoms with van der Waals surface area (Å²) in [5.74, 6) is -0.791. The molecule has 1 saturated heterocycles. The van der Waals surface area contributed by atoms with Gasteiger partial charge in [0.05, 0.1) is 18.2 Å². The maximum Gasteiger partial charge on any atom is 0.295 e. The average molecular weight is 442 g/mol. The van der Waals surface area contributed by atoms with Gasteiger partial charge in [-0.2, -0.15) is 0 Å². The SMILES string of the molecule is CCOc1cccc(C2/C(=C(\O)c3ccc(C)cc3)C(=O)C(=O)N2CCc2ccccc2)c1. The van der Waals surface area contributed by atoms with E-state index in [4.69, 9.17) is 4.74 Å². The summed E-state index contributed by atoms with van der Waals surface area (Å²) >= 11 is 0. The van der Waals surface area contributed by atoms with Crippen LogP contribution in [0.2, 0.25) is 0 Å². The normalized spacial score (nSPS) is 17.4. The summed E-state index contributed by atoms with van der Waals surface area (Å²) in [6, 6.07) is 23.7. The first-order chi connectivity index (χ1) is 16.0. The molecule has 0 aliphatic carbocycles. The lowest BCUT2D eigenvalue weighted by molar-refractivity contribution is -0.139. The molecule has 0 radical (unpaired) electrons. The summed E-state index contributed by atoms with van der Waals surface area (Å²) < 4.78 is 5.65. The molecule has 5 nitrogen and oxygen atoms in total. The van der Waals surface area contributed by atoms with Gasteiger partial charge in [0.25, 0.3) is 11.7 Å². The van der Waals surface area contributed by atoms with E-state index in [1.54, 1.807) is 17.0 Å². The number of ketones is 1. The molecule has 0 aromatic heterocycles. The molecule has 3 aromatic carbocycles. The number of Topliss-reactive ketones (excluding diaryl/α,β-unsaturated/α-hetero) is 1. The Morgan fingerprint density at radius 3 is 2.39 bits per heavy atom. The number of aliphatic hydroxyl groups excluding tert-OH is 1. The fourth-order valence-electron chi connectivity index (χ4n) is 4.16. The van der Waals surface area contributed by atoms with Crippen LogP contribution in [0.1, 0.15) is 35.2 Å². The second-order valence-electron chi connectivity index (χ2n) is 8.10. The van der Waals surface area contributed by atoms with Crippen LogP contribution in [-0.2, 0) is 16.0 Å². The number of amides is 1. The van der Waals surface area contributed by atoms with Gasteiger partial charge in [0.2, 0.25) is 0 Å². The van der Waals surface area contributed by atoms with E-state index >= 15 is 0 Å². The fourth-order valence-corrected chi connectivity index (χ4v) is 4.16. The molecule has 1 aliphatic rings. The van der Waals surface area contributed by atoms with E-state index in [0.717, 1.165) is 16.7 Å². The summed E-state index contributed by atoms with van der Waals surface area (Å²) in [4.78, 5) is 27.8. The van der Waals surface area contributed by atoms with Crippen molar-refractivity contribution in [1.29, 1.82) is 0 Å². The molecule has 33 heavy (non-hydrogen) atoms. The number of aryl methyl sites for hydroxylation is 1. The van der Waals surface area contributed by atoms with Gasteiger partial charge in [0.15, 0.2) is 0 Å². The number of carbonyl (C=O) groups is 2. The smallest absolute Gasteiger partial charge is 0.295 e. The Bertz CT molecular complexity index is 1180. The van der Waals surface area contributed by atoms with Crippen LogP contribution in [-0.4, -0.2) is 34.8 Å². The summed E-state index contributed by atoms with van der Waals surface area (Å²) in [6.45, 7) is 4.70. The van der Waals surface area contributed by atoms with E-state index in [2.05, 4.69) is 0 Å². The van der Waals surface area contributed by atoms with Gasteiger partial charge in [-0.3, -0.25) is 9.59 Å². The van der Waals surface area contributed by atoms with E-state index in [1.165, 1.54) is 0 Å². The Morgan fingerprint density at radius 1 is 0.970 bits per heavy atom. The second-order valence-corrected chi connectivity index (χ2v) is 8.10. The lowest BCUT2D eigenvalue weighted by atomic mass is 9.94. The van der Waals surface area contributed by atoms with Crippen molar-refractivity contribution in [2.24, 2.45) is 0 Å². The van der Waals surface area contributed by atoms with E-state index in [-0.39, 0.29) is 11.3 Å². The van der Waals surface area contributed by atoms with Gasteiger partial charge in [-0.1, -0.05) is 72.3 Å². The van der Waals surface area contributed by atoms with Crippen LogP contribution >= 0.6 is 0 Å². The van der Waals surface area contributed by atoms with E-state index < -0.39 is 17.7 Å². The molecule has 0 bridgehead atoms. The minimum absolute atomic E-state index is 0.102. The number of nitrogens with zero attached hydrogens (tertiary/aromatic N) is 1. The molecule has 1 fully saturated rings. The van der Waals surface area contributed by atoms with Crippen molar-refractivity contribution in [3.8, 4) is 5.75 Å². The minimum Gasteiger partial charge on any atom is -0.507 e. The van der Waals surface area contributed by atoms with Gasteiger partial charge in [-0.25, -0.2) is 0 Å². The summed E-state index contributed by atoms with van der Waals surface area (Å²) in [5.41, 5.74) is 3.44. The first kappa shape index (κ1) is 22.3. The van der Waals surface area contributed by atoms with E-state index in [1.807, 2.05) is 80.6 Å². The number of hydrogen-bond donors (Lipinski definition) is 1. The third kappa shape index (κ3) is 4.67. The van der Waals surface area contributed by atoms with Gasteiger partial charge < -0.3 is 14.7 Å². The Labute approximate surface area is 193 Å². The predicted molar refractivity (Wildman–Crippen MR) is 128 cm³/mol.